The summed E-state index contributed by atoms with van der Waals surface area (Å²) in [6, 6.07) is 3.34. The molecule has 84 valence electrons. The van der Waals surface area contributed by atoms with Crippen LogP contribution in [0.25, 0.3) is 0 Å². The molecule has 0 atom stereocenters. The lowest BCUT2D eigenvalue weighted by Crippen LogP contribution is -2.23. The lowest BCUT2D eigenvalue weighted by molar-refractivity contribution is 0.592. The van der Waals surface area contributed by atoms with Crippen molar-refractivity contribution in [2.75, 3.05) is 4.72 Å². The van der Waals surface area contributed by atoms with Crippen LogP contribution in [0.4, 0.5) is 5.82 Å². The van der Waals surface area contributed by atoms with Crippen molar-refractivity contribution in [1.29, 1.82) is 0 Å². The minimum atomic E-state index is -3.31. The van der Waals surface area contributed by atoms with Crippen LogP contribution in [0.5, 0.6) is 0 Å². The molecule has 3 N–H and O–H groups in total. The maximum absolute atomic E-state index is 11.5. The molecule has 1 aromatic heterocycles. The van der Waals surface area contributed by atoms with Gasteiger partial charge >= 0.3 is 0 Å². The number of pyridine rings is 1. The second kappa shape index (κ2) is 4.59. The number of anilines is 1. The number of nitrogens with one attached hydrogen (secondary N) is 1. The molecule has 0 aliphatic heterocycles. The second-order valence-corrected chi connectivity index (χ2v) is 5.69. The molecule has 0 saturated heterocycles. The van der Waals surface area contributed by atoms with Crippen LogP contribution in [0.2, 0.25) is 0 Å². The van der Waals surface area contributed by atoms with E-state index in [1.165, 1.54) is 0 Å². The highest BCUT2D eigenvalue weighted by Crippen LogP contribution is 2.09. The standard InChI is InChI=1S/C9H15N3O2S/c1-7(2)15(13,14)12-9-4-3-8(5-10)6-11-9/h3-4,6-7H,5,10H2,1-2H3,(H,11,12). The van der Waals surface area contributed by atoms with E-state index in [1.807, 2.05) is 0 Å². The van der Waals surface area contributed by atoms with E-state index in [9.17, 15) is 8.42 Å². The van der Waals surface area contributed by atoms with Crippen molar-refractivity contribution in [3.63, 3.8) is 0 Å². The predicted molar refractivity (Wildman–Crippen MR) is 59.8 cm³/mol. The van der Waals surface area contributed by atoms with Crippen molar-refractivity contribution in [3.05, 3.63) is 23.9 Å². The van der Waals surface area contributed by atoms with E-state index in [-0.39, 0.29) is 0 Å². The number of hydrogen-bond donors (Lipinski definition) is 2. The fourth-order valence-corrected chi connectivity index (χ4v) is 1.52. The Morgan fingerprint density at radius 2 is 2.13 bits per heavy atom. The third kappa shape index (κ3) is 3.17. The van der Waals surface area contributed by atoms with Crippen LogP contribution < -0.4 is 10.5 Å². The molecule has 15 heavy (non-hydrogen) atoms. The largest absolute Gasteiger partial charge is 0.326 e. The normalized spacial score (nSPS) is 11.7. The molecule has 0 saturated carbocycles. The first-order valence-electron chi connectivity index (χ1n) is 4.62. The van der Waals surface area contributed by atoms with Gasteiger partial charge in [0.05, 0.1) is 5.25 Å². The highest BCUT2D eigenvalue weighted by Gasteiger charge is 2.15. The number of aromatic nitrogens is 1. The minimum Gasteiger partial charge on any atom is -0.326 e. The Bertz CT molecular complexity index is 411. The Hall–Kier alpha value is -1.14. The Labute approximate surface area is 89.8 Å². The molecule has 0 unspecified atom stereocenters. The fourth-order valence-electron chi connectivity index (χ4n) is 0.869. The lowest BCUT2D eigenvalue weighted by Gasteiger charge is -2.09. The van der Waals surface area contributed by atoms with Crippen molar-refractivity contribution in [2.24, 2.45) is 5.73 Å². The van der Waals surface area contributed by atoms with E-state index in [1.54, 1.807) is 32.2 Å². The van der Waals surface area contributed by atoms with E-state index in [2.05, 4.69) is 9.71 Å². The molecule has 6 heteroatoms. The van der Waals surface area contributed by atoms with Gasteiger partial charge in [0.2, 0.25) is 10.0 Å². The average molecular weight is 229 g/mol. The molecule has 0 spiro atoms. The van der Waals surface area contributed by atoms with Crippen LogP contribution in [0, 0.1) is 0 Å². The Kier molecular flexibility index (Phi) is 3.65. The van der Waals surface area contributed by atoms with Gasteiger partial charge in [0, 0.05) is 12.7 Å². The molecule has 0 fully saturated rings. The maximum Gasteiger partial charge on any atom is 0.236 e. The van der Waals surface area contributed by atoms with Gasteiger partial charge in [-0.15, -0.1) is 0 Å². The molecule has 0 aliphatic carbocycles. The zero-order chi connectivity index (χ0) is 11.5. The van der Waals surface area contributed by atoms with E-state index < -0.39 is 15.3 Å². The van der Waals surface area contributed by atoms with Gasteiger partial charge in [0.1, 0.15) is 5.82 Å². The third-order valence-electron chi connectivity index (χ3n) is 1.93. The first kappa shape index (κ1) is 11.9. The molecule has 0 amide bonds. The van der Waals surface area contributed by atoms with Crippen LogP contribution >= 0.6 is 0 Å². The summed E-state index contributed by atoms with van der Waals surface area (Å²) < 4.78 is 25.3. The molecule has 0 aliphatic rings. The Balaban J connectivity index is 2.82. The number of nitrogens with zero attached hydrogens (tertiary/aromatic N) is 1. The van der Waals surface area contributed by atoms with Crippen LogP contribution in [-0.2, 0) is 16.6 Å². The zero-order valence-corrected chi connectivity index (χ0v) is 9.58. The molecule has 1 heterocycles. The number of rotatable bonds is 4. The van der Waals surface area contributed by atoms with E-state index >= 15 is 0 Å². The molecule has 0 aromatic carbocycles. The molecule has 0 bridgehead atoms. The summed E-state index contributed by atoms with van der Waals surface area (Å²) in [5.41, 5.74) is 6.26. The fraction of sp³-hybridized carbons (Fsp3) is 0.444. The van der Waals surface area contributed by atoms with Crippen molar-refractivity contribution < 1.29 is 8.42 Å². The van der Waals surface area contributed by atoms with Crippen LogP contribution in [0.3, 0.4) is 0 Å². The molecular formula is C9H15N3O2S. The quantitative estimate of drug-likeness (QED) is 0.795. The summed E-state index contributed by atoms with van der Waals surface area (Å²) in [5.74, 6) is 0.320. The predicted octanol–water partition coefficient (Wildman–Crippen LogP) is 0.690. The Morgan fingerprint density at radius 3 is 2.53 bits per heavy atom. The van der Waals surface area contributed by atoms with Crippen molar-refractivity contribution >= 4 is 15.8 Å². The van der Waals surface area contributed by atoms with Crippen molar-refractivity contribution in [3.8, 4) is 0 Å². The minimum absolute atomic E-state index is 0.320. The molecule has 1 rings (SSSR count). The van der Waals surface area contributed by atoms with Gasteiger partial charge in [0.25, 0.3) is 0 Å². The van der Waals surface area contributed by atoms with E-state index in [0.717, 1.165) is 5.56 Å². The third-order valence-corrected chi connectivity index (χ3v) is 3.66. The molecule has 1 aromatic rings. The monoisotopic (exact) mass is 229 g/mol. The van der Waals surface area contributed by atoms with Crippen LogP contribution in [0.1, 0.15) is 19.4 Å². The number of hydrogen-bond acceptors (Lipinski definition) is 4. The van der Waals surface area contributed by atoms with Gasteiger partial charge in [-0.1, -0.05) is 6.07 Å². The van der Waals surface area contributed by atoms with Crippen LogP contribution in [-0.4, -0.2) is 18.7 Å². The number of nitrogens with two attached hydrogens (primary N) is 1. The second-order valence-electron chi connectivity index (χ2n) is 3.45. The first-order chi connectivity index (χ1) is 6.95. The summed E-state index contributed by atoms with van der Waals surface area (Å²) in [6.45, 7) is 3.61. The summed E-state index contributed by atoms with van der Waals surface area (Å²) in [4.78, 5) is 3.95. The zero-order valence-electron chi connectivity index (χ0n) is 8.77. The van der Waals surface area contributed by atoms with E-state index in [4.69, 9.17) is 5.73 Å². The van der Waals surface area contributed by atoms with Crippen molar-refractivity contribution in [2.45, 2.75) is 25.6 Å². The van der Waals surface area contributed by atoms with Gasteiger partial charge in [-0.05, 0) is 25.5 Å². The van der Waals surface area contributed by atoms with Gasteiger partial charge in [-0.25, -0.2) is 13.4 Å². The van der Waals surface area contributed by atoms with Crippen molar-refractivity contribution in [1.82, 2.24) is 4.98 Å². The first-order valence-corrected chi connectivity index (χ1v) is 6.17. The Morgan fingerprint density at radius 1 is 1.47 bits per heavy atom. The topological polar surface area (TPSA) is 85.1 Å². The van der Waals surface area contributed by atoms with Gasteiger partial charge in [-0.3, -0.25) is 4.72 Å². The summed E-state index contributed by atoms with van der Waals surface area (Å²) in [7, 11) is -3.31. The summed E-state index contributed by atoms with van der Waals surface area (Å²) in [6.07, 6.45) is 1.55. The molecule has 0 radical (unpaired) electrons. The van der Waals surface area contributed by atoms with E-state index in [0.29, 0.717) is 12.4 Å². The van der Waals surface area contributed by atoms with Gasteiger partial charge in [0.15, 0.2) is 0 Å². The lowest BCUT2D eigenvalue weighted by atomic mass is 10.3. The maximum atomic E-state index is 11.5. The van der Waals surface area contributed by atoms with Gasteiger partial charge < -0.3 is 5.73 Å². The highest BCUT2D eigenvalue weighted by atomic mass is 32.2. The van der Waals surface area contributed by atoms with Gasteiger partial charge in [-0.2, -0.15) is 0 Å². The smallest absolute Gasteiger partial charge is 0.236 e. The highest BCUT2D eigenvalue weighted by molar-refractivity contribution is 7.93. The molecular weight excluding hydrogens is 214 g/mol. The van der Waals surface area contributed by atoms with Crippen LogP contribution in [0.15, 0.2) is 18.3 Å². The SMILES string of the molecule is CC(C)S(=O)(=O)Nc1ccc(CN)cn1. The average Bonchev–Trinajstić information content (AvgIpc) is 2.18. The summed E-state index contributed by atoms with van der Waals surface area (Å²) in [5, 5.41) is -0.478. The molecule has 5 nitrogen and oxygen atoms in total. The number of sulfonamides is 1. The summed E-state index contributed by atoms with van der Waals surface area (Å²) >= 11 is 0.